The molecule has 0 bridgehead atoms. The summed E-state index contributed by atoms with van der Waals surface area (Å²) in [6, 6.07) is 61.2. The Morgan fingerprint density at radius 3 is 1.00 bits per heavy atom. The van der Waals surface area contributed by atoms with Gasteiger partial charge in [-0.3, -0.25) is 53.2 Å². The number of benzene rings is 10. The van der Waals surface area contributed by atoms with E-state index in [9.17, 15) is 65.5 Å². The standard InChI is InChI=1S/C19H13ClFN7.C19H14F3N7O3.C19H16F2N6O.C19H16FN7O3.C19H16FN7O2/c1-10-24-14-8-11(9-22)2-7-15(14)28(10)19-26-17(23)16(21)18(27-19)25-13-5-3-12(20)4-6-13;1-9-24-13-7-4-11(29(30)31)8-14(13)28(9)19-26-16(23)15(20)17(27-19)25-10-2-5-12(6-3-10)32-18(21)22;1-11-23-14-4-2-3-5-15(14)27(11)19-25-16(22)10-17(26-19)24-12-6-8-13(9-7-12)28-18(20)21;1-10-22-14-8-5-12(27(28)29)9-15(14)26(10)19-24-17(21)16(20)18(25-19)23-11-3-6-13(30-2)7-4-11;1-10-3-5-12(6-4-10)23-18-16(20)17(21)24-19(25-18)26-11(2)22-14-8-7-13(27(28)29)9-15(14)26/h2-8H,1H3,(H3,23,25,26,27);2-8,18H,1H3,(H3,23,25,26,27);2-10,18H,1H3,(H3,22,24,25,26);3-9H,1-2H3,(H3,21,23,24,25);3-9H,1-2H3,(H3,21,23,24,25). The number of nitriles is 1. The first kappa shape index (κ1) is 99.8. The fourth-order valence-electron chi connectivity index (χ4n) is 14.7. The first-order valence-corrected chi connectivity index (χ1v) is 43.4. The number of ether oxygens (including phenoxy) is 3. The second-order valence-electron chi connectivity index (χ2n) is 31.4. The first-order valence-electron chi connectivity index (χ1n) is 43.0. The molecular formula is C95H75ClF8N34O9. The second kappa shape index (κ2) is 42.4. The molecule has 0 radical (unpaired) electrons. The molecule has 20 rings (SSSR count). The number of aromatic nitrogens is 20. The highest BCUT2D eigenvalue weighted by Crippen LogP contribution is 2.37. The number of hydrogen-bond donors (Lipinski definition) is 10. The van der Waals surface area contributed by atoms with Crippen LogP contribution in [0.3, 0.4) is 0 Å². The summed E-state index contributed by atoms with van der Waals surface area (Å²) in [5.41, 5.74) is 38.5. The van der Waals surface area contributed by atoms with Crippen LogP contribution < -0.4 is 69.5 Å². The van der Waals surface area contributed by atoms with Gasteiger partial charge in [-0.25, -0.2) is 24.9 Å². The number of imidazole rings is 5. The zero-order valence-electron chi connectivity index (χ0n) is 77.2. The number of alkyl halides is 4. The smallest absolute Gasteiger partial charge is 0.387 e. The Labute approximate surface area is 826 Å². The molecule has 52 heteroatoms. The molecule has 147 heavy (non-hydrogen) atoms. The Bertz CT molecular complexity index is 8500. The van der Waals surface area contributed by atoms with E-state index in [0.717, 1.165) is 22.4 Å². The minimum atomic E-state index is -2.97. The van der Waals surface area contributed by atoms with Crippen LogP contribution in [0.5, 0.6) is 17.2 Å². The summed E-state index contributed by atoms with van der Waals surface area (Å²) >= 11 is 5.88. The number of nitrogens with zero attached hydrogens (tertiary/aromatic N) is 24. The lowest BCUT2D eigenvalue weighted by atomic mass is 10.2. The number of nitrogens with two attached hydrogens (primary N) is 5. The molecule has 43 nitrogen and oxygen atoms in total. The van der Waals surface area contributed by atoms with Crippen molar-refractivity contribution in [2.75, 3.05) is 62.4 Å². The van der Waals surface area contributed by atoms with Gasteiger partial charge in [-0.15, -0.1) is 0 Å². The van der Waals surface area contributed by atoms with Crippen LogP contribution in [0.15, 0.2) is 224 Å². The van der Waals surface area contributed by atoms with Crippen molar-refractivity contribution in [3.8, 4) is 53.1 Å². The predicted molar refractivity (Wildman–Crippen MR) is 532 cm³/mol. The highest BCUT2D eigenvalue weighted by atomic mass is 35.5. The molecule has 0 saturated heterocycles. The van der Waals surface area contributed by atoms with Crippen LogP contribution in [-0.2, 0) is 0 Å². The van der Waals surface area contributed by atoms with Crippen LogP contribution in [0.1, 0.15) is 40.2 Å². The van der Waals surface area contributed by atoms with E-state index < -0.39 is 57.1 Å². The number of nitro benzene ring substituents is 3. The van der Waals surface area contributed by atoms with Gasteiger partial charge in [-0.1, -0.05) is 41.4 Å². The number of rotatable bonds is 23. The Morgan fingerprint density at radius 2 is 0.653 bits per heavy atom. The van der Waals surface area contributed by atoms with E-state index in [0.29, 0.717) is 124 Å². The van der Waals surface area contributed by atoms with Crippen molar-refractivity contribution in [2.24, 2.45) is 0 Å². The Hall–Kier alpha value is -20.2. The molecule has 20 aromatic rings. The highest BCUT2D eigenvalue weighted by molar-refractivity contribution is 6.30. The van der Waals surface area contributed by atoms with Crippen molar-refractivity contribution in [3.05, 3.63) is 323 Å². The van der Waals surface area contributed by atoms with E-state index in [1.165, 1.54) is 105 Å². The van der Waals surface area contributed by atoms with Crippen LogP contribution in [-0.4, -0.2) is 133 Å². The molecule has 10 aromatic carbocycles. The van der Waals surface area contributed by atoms with Crippen molar-refractivity contribution < 1.29 is 64.1 Å². The molecule has 0 saturated carbocycles. The first-order chi connectivity index (χ1) is 70.4. The average Bonchev–Trinajstić information content (AvgIpc) is 1.65. The van der Waals surface area contributed by atoms with Crippen molar-refractivity contribution >= 4 is 170 Å². The average molecular weight is 2020 g/mol. The summed E-state index contributed by atoms with van der Waals surface area (Å²) in [4.78, 5) is 95.7. The van der Waals surface area contributed by atoms with Crippen LogP contribution >= 0.6 is 11.6 Å². The molecule has 0 fully saturated rings. The van der Waals surface area contributed by atoms with E-state index in [4.69, 9.17) is 50.3 Å². The molecule has 10 aromatic heterocycles. The zero-order chi connectivity index (χ0) is 105. The third-order valence-corrected chi connectivity index (χ3v) is 21.6. The fourth-order valence-corrected chi connectivity index (χ4v) is 14.8. The molecule has 0 unspecified atom stereocenters. The molecule has 0 aliphatic heterocycles. The maximum absolute atomic E-state index is 14.6. The van der Waals surface area contributed by atoms with Gasteiger partial charge >= 0.3 is 13.2 Å². The van der Waals surface area contributed by atoms with Crippen LogP contribution in [0.4, 0.5) is 139 Å². The zero-order valence-corrected chi connectivity index (χ0v) is 78.0. The summed E-state index contributed by atoms with van der Waals surface area (Å²) in [6.45, 7) is 4.74. The summed E-state index contributed by atoms with van der Waals surface area (Å²) in [5.74, 6) is -0.801. The maximum atomic E-state index is 14.6. The lowest BCUT2D eigenvalue weighted by Gasteiger charge is -2.12. The van der Waals surface area contributed by atoms with Crippen LogP contribution in [0.2, 0.25) is 5.02 Å². The van der Waals surface area contributed by atoms with Gasteiger partial charge in [0.2, 0.25) is 53.0 Å². The van der Waals surface area contributed by atoms with Gasteiger partial charge in [-0.05, 0) is 199 Å². The molecule has 0 amide bonds. The van der Waals surface area contributed by atoms with Crippen molar-refractivity contribution in [1.82, 2.24) is 97.6 Å². The monoisotopic (exact) mass is 2020 g/mol. The van der Waals surface area contributed by atoms with Crippen molar-refractivity contribution in [1.29, 1.82) is 5.26 Å². The minimum absolute atomic E-state index is 0.0328. The van der Waals surface area contributed by atoms with E-state index in [-0.39, 0.29) is 98.9 Å². The SMILES string of the molecule is COc1ccc(Nc2nc(-n3c(C)nc4ccc([N+](=O)[O-])cc43)nc(N)c2F)cc1.Cc1ccc(Nc2nc(-n3c(C)nc4ccc([N+](=O)[O-])cc43)nc(N)c2F)cc1.Cc1nc2cc(C#N)ccc2n1-c1nc(N)c(F)c(Nc2ccc(Cl)cc2)n1.Cc1nc2ccc([N+](=O)[O-])cc2n1-c1nc(N)c(F)c(Nc2ccc(OC(F)F)cc2)n1.Cc1nc2ccccc2n1-c1nc(N)cc(Nc2ccc(OC(F)F)cc2)n1. The number of non-ortho nitro benzene ring substituents is 3. The van der Waals surface area contributed by atoms with Gasteiger partial charge < -0.3 is 69.5 Å². The summed E-state index contributed by atoms with van der Waals surface area (Å²) in [5, 5.41) is 57.5. The van der Waals surface area contributed by atoms with Gasteiger partial charge in [0.25, 0.3) is 17.1 Å². The normalized spacial score (nSPS) is 11.0. The maximum Gasteiger partial charge on any atom is 0.387 e. The number of halogens is 9. The largest absolute Gasteiger partial charge is 0.497 e. The third kappa shape index (κ3) is 22.5. The van der Waals surface area contributed by atoms with Gasteiger partial charge in [0.05, 0.1) is 88.7 Å². The van der Waals surface area contributed by atoms with Crippen molar-refractivity contribution in [2.45, 2.75) is 54.8 Å². The number of nitro groups is 3. The third-order valence-electron chi connectivity index (χ3n) is 21.4. The molecule has 0 aliphatic carbocycles. The summed E-state index contributed by atoms with van der Waals surface area (Å²) in [7, 11) is 1.54. The number of nitrogen functional groups attached to an aromatic ring is 5. The van der Waals surface area contributed by atoms with Gasteiger partial charge in [-0.2, -0.15) is 90.2 Å². The Balaban J connectivity index is 0.000000131. The number of fused-ring (bicyclic) bond motifs is 5. The fraction of sp³-hybridized carbons (Fsp3) is 0.0947. The molecule has 0 aliphatic rings. The number of methoxy groups -OCH3 is 1. The van der Waals surface area contributed by atoms with Gasteiger partial charge in [0.15, 0.2) is 46.5 Å². The predicted octanol–water partition coefficient (Wildman–Crippen LogP) is 19.6. The number of nitrogens with one attached hydrogen (secondary N) is 5. The van der Waals surface area contributed by atoms with E-state index in [2.05, 4.69) is 117 Å². The Kier molecular flexibility index (Phi) is 28.8. The van der Waals surface area contributed by atoms with Crippen LogP contribution in [0.25, 0.3) is 84.9 Å². The molecule has 0 atom stereocenters. The van der Waals surface area contributed by atoms with E-state index in [1.807, 2.05) is 54.8 Å². The number of anilines is 15. The van der Waals surface area contributed by atoms with Crippen molar-refractivity contribution in [3.63, 3.8) is 0 Å². The molecule has 742 valence electrons. The second-order valence-corrected chi connectivity index (χ2v) is 31.8. The lowest BCUT2D eigenvalue weighted by molar-refractivity contribution is -0.384. The number of para-hydroxylation sites is 2. The number of hydrogen-bond acceptors (Lipinski definition) is 35. The van der Waals surface area contributed by atoms with Gasteiger partial charge in [0.1, 0.15) is 58.0 Å². The topological polar surface area (TPSA) is 589 Å². The lowest BCUT2D eigenvalue weighted by Crippen LogP contribution is -2.11. The molecular weight excluding hydrogens is 1950 g/mol. The highest BCUT2D eigenvalue weighted by Gasteiger charge is 2.27. The Morgan fingerprint density at radius 1 is 0.347 bits per heavy atom. The molecule has 10 heterocycles. The summed E-state index contributed by atoms with van der Waals surface area (Å²) in [6.07, 6.45) is 0. The molecule has 15 N–H and O–H groups in total. The van der Waals surface area contributed by atoms with Gasteiger partial charge in [0, 0.05) is 75.9 Å². The minimum Gasteiger partial charge on any atom is -0.497 e. The quantitative estimate of drug-likeness (QED) is 0.0161. The summed E-state index contributed by atoms with van der Waals surface area (Å²) < 4.78 is 129. The molecule has 0 spiro atoms. The van der Waals surface area contributed by atoms with Crippen LogP contribution in [0, 0.1) is 106 Å². The van der Waals surface area contributed by atoms with E-state index >= 15 is 0 Å². The van der Waals surface area contributed by atoms with E-state index in [1.54, 1.807) is 136 Å². The number of aryl methyl sites for hydroxylation is 6.